The van der Waals surface area contributed by atoms with Gasteiger partial charge in [-0.25, -0.2) is 0 Å². The maximum atomic E-state index is 11.8. The average Bonchev–Trinajstić information content (AvgIpc) is 3.58. The molecular formula is C35H64O7. The first-order valence-corrected chi connectivity index (χ1v) is 17.7. The van der Waals surface area contributed by atoms with E-state index in [2.05, 4.69) is 6.92 Å². The minimum absolute atomic E-state index is 0.0283. The number of esters is 1. The van der Waals surface area contributed by atoms with E-state index in [0.717, 1.165) is 77.0 Å². The maximum Gasteiger partial charge on any atom is 0.309 e. The predicted molar refractivity (Wildman–Crippen MR) is 167 cm³/mol. The van der Waals surface area contributed by atoms with Crippen molar-refractivity contribution in [3.63, 3.8) is 0 Å². The highest BCUT2D eigenvalue weighted by atomic mass is 16.6. The second-order valence-electron chi connectivity index (χ2n) is 13.4. The van der Waals surface area contributed by atoms with Crippen molar-refractivity contribution in [3.8, 4) is 0 Å². The highest BCUT2D eigenvalue weighted by Gasteiger charge is 2.35. The first-order chi connectivity index (χ1) is 20.3. The van der Waals surface area contributed by atoms with Crippen LogP contribution in [0.25, 0.3) is 0 Å². The van der Waals surface area contributed by atoms with E-state index in [-0.39, 0.29) is 48.5 Å². The van der Waals surface area contributed by atoms with Crippen LogP contribution in [0, 0.1) is 5.92 Å². The summed E-state index contributed by atoms with van der Waals surface area (Å²) < 4.78 is 11.5. The Morgan fingerprint density at radius 2 is 1.21 bits per heavy atom. The largest absolute Gasteiger partial charge is 0.462 e. The van der Waals surface area contributed by atoms with Crippen LogP contribution >= 0.6 is 0 Å². The second-order valence-corrected chi connectivity index (χ2v) is 13.4. The Hall–Kier alpha value is -1.02. The molecule has 0 saturated carbocycles. The fraction of sp³-hybridized carbons (Fsp3) is 0.943. The van der Waals surface area contributed by atoms with Gasteiger partial charge in [0, 0.05) is 6.42 Å². The van der Waals surface area contributed by atoms with E-state index < -0.39 is 12.2 Å². The van der Waals surface area contributed by atoms with Crippen LogP contribution in [0.1, 0.15) is 168 Å². The van der Waals surface area contributed by atoms with Crippen LogP contribution in [-0.4, -0.2) is 63.7 Å². The molecular weight excluding hydrogens is 532 g/mol. The Morgan fingerprint density at radius 3 is 1.76 bits per heavy atom. The number of unbranched alkanes of at least 4 members (excludes halogenated alkanes) is 12. The molecule has 0 amide bonds. The van der Waals surface area contributed by atoms with Gasteiger partial charge in [-0.3, -0.25) is 4.79 Å². The lowest BCUT2D eigenvalue weighted by atomic mass is 9.96. The lowest BCUT2D eigenvalue weighted by Crippen LogP contribution is -2.31. The van der Waals surface area contributed by atoms with E-state index in [1.807, 2.05) is 0 Å². The minimum Gasteiger partial charge on any atom is -0.462 e. The molecule has 7 heteroatoms. The van der Waals surface area contributed by atoms with Gasteiger partial charge in [0.15, 0.2) is 0 Å². The van der Waals surface area contributed by atoms with Gasteiger partial charge in [0.05, 0.1) is 36.4 Å². The molecule has 0 aromatic heterocycles. The molecule has 246 valence electrons. The number of rotatable bonds is 26. The topological polar surface area (TPSA) is 113 Å². The summed E-state index contributed by atoms with van der Waals surface area (Å²) in [5, 5.41) is 31.5. The third kappa shape index (κ3) is 16.2. The fourth-order valence-corrected chi connectivity index (χ4v) is 6.69. The molecule has 2 aliphatic heterocycles. The number of cyclic esters (lactones) is 1. The van der Waals surface area contributed by atoms with Gasteiger partial charge in [-0.2, -0.15) is 0 Å². The van der Waals surface area contributed by atoms with Gasteiger partial charge < -0.3 is 29.6 Å². The summed E-state index contributed by atoms with van der Waals surface area (Å²) in [6, 6.07) is 0. The summed E-state index contributed by atoms with van der Waals surface area (Å²) in [6.45, 7) is 3.76. The van der Waals surface area contributed by atoms with Crippen LogP contribution in [-0.2, 0) is 19.1 Å². The third-order valence-electron chi connectivity index (χ3n) is 9.35. The molecule has 0 radical (unpaired) electrons. The van der Waals surface area contributed by atoms with E-state index in [1.165, 1.54) is 64.7 Å². The lowest BCUT2D eigenvalue weighted by molar-refractivity contribution is -0.145. The first-order valence-electron chi connectivity index (χ1n) is 17.7. The van der Waals surface area contributed by atoms with Gasteiger partial charge in [-0.1, -0.05) is 96.8 Å². The number of Topliss-reactive ketones (excluding diaryl/α,β-unsaturated/α-hetero) is 1. The molecule has 0 aromatic carbocycles. The second kappa shape index (κ2) is 22.5. The van der Waals surface area contributed by atoms with Crippen LogP contribution < -0.4 is 0 Å². The SMILES string of the molecule is CCCCCCCCCCCC[C@H](O)[C@@H]1CC[C@@H]([C@@H](O)CCCCCC(O)CCCCC2CC(CC(C)=O)C(=O)O2)O1. The zero-order valence-electron chi connectivity index (χ0n) is 27.0. The summed E-state index contributed by atoms with van der Waals surface area (Å²) in [5.41, 5.74) is 0. The molecule has 2 heterocycles. The third-order valence-corrected chi connectivity index (χ3v) is 9.35. The van der Waals surface area contributed by atoms with E-state index in [1.54, 1.807) is 0 Å². The van der Waals surface area contributed by atoms with Crippen molar-refractivity contribution >= 4 is 11.8 Å². The molecule has 2 fully saturated rings. The number of ether oxygens (including phenoxy) is 2. The van der Waals surface area contributed by atoms with Gasteiger partial charge >= 0.3 is 5.97 Å². The minimum atomic E-state index is -0.482. The molecule has 3 N–H and O–H groups in total. The van der Waals surface area contributed by atoms with Crippen LogP contribution in [0.2, 0.25) is 0 Å². The van der Waals surface area contributed by atoms with Crippen molar-refractivity contribution in [1.29, 1.82) is 0 Å². The Morgan fingerprint density at radius 1 is 0.738 bits per heavy atom. The van der Waals surface area contributed by atoms with Crippen molar-refractivity contribution in [2.75, 3.05) is 0 Å². The molecule has 2 saturated heterocycles. The number of carbonyl (C=O) groups is 2. The van der Waals surface area contributed by atoms with Crippen LogP contribution in [0.5, 0.6) is 0 Å². The fourth-order valence-electron chi connectivity index (χ4n) is 6.69. The molecule has 0 aliphatic carbocycles. The van der Waals surface area contributed by atoms with Crippen molar-refractivity contribution < 1.29 is 34.4 Å². The van der Waals surface area contributed by atoms with Crippen molar-refractivity contribution in [1.82, 2.24) is 0 Å². The van der Waals surface area contributed by atoms with Gasteiger partial charge in [0.25, 0.3) is 0 Å². The van der Waals surface area contributed by atoms with E-state index in [4.69, 9.17) is 9.47 Å². The smallest absolute Gasteiger partial charge is 0.309 e. The maximum absolute atomic E-state index is 11.8. The number of carbonyl (C=O) groups excluding carboxylic acids is 2. The predicted octanol–water partition coefficient (Wildman–Crippen LogP) is 7.35. The molecule has 2 rings (SSSR count). The molecule has 0 bridgehead atoms. The number of aliphatic hydroxyl groups excluding tert-OH is 3. The zero-order valence-corrected chi connectivity index (χ0v) is 27.0. The Bertz CT molecular complexity index is 713. The molecule has 7 nitrogen and oxygen atoms in total. The molecule has 7 atom stereocenters. The molecule has 0 aromatic rings. The summed E-state index contributed by atoms with van der Waals surface area (Å²) in [5.74, 6) is -0.485. The first kappa shape index (κ1) is 37.2. The van der Waals surface area contributed by atoms with Crippen molar-refractivity contribution in [3.05, 3.63) is 0 Å². The summed E-state index contributed by atoms with van der Waals surface area (Å²) in [6.07, 6.45) is 22.3. The van der Waals surface area contributed by atoms with Crippen molar-refractivity contribution in [2.45, 2.75) is 205 Å². The highest BCUT2D eigenvalue weighted by Crippen LogP contribution is 2.29. The van der Waals surface area contributed by atoms with Gasteiger partial charge in [-0.05, 0) is 64.7 Å². The molecule has 2 aliphatic rings. The van der Waals surface area contributed by atoms with Gasteiger partial charge in [-0.15, -0.1) is 0 Å². The standard InChI is InChI=1S/C35H64O7/c1-3-4-5-6-7-8-9-10-11-14-21-31(38)33-23-24-34(42-33)32(39)22-15-12-13-18-29(37)19-16-17-20-30-26-28(25-27(2)36)35(40)41-30/h28-34,37-39H,3-26H2,1-2H3/t28?,29?,30?,31-,32-,33-,34-/m0/s1. The molecule has 0 spiro atoms. The van der Waals surface area contributed by atoms with Gasteiger partial charge in [0.2, 0.25) is 0 Å². The Labute approximate surface area is 256 Å². The quantitative estimate of drug-likeness (QED) is 0.0707. The molecule has 3 unspecified atom stereocenters. The summed E-state index contributed by atoms with van der Waals surface area (Å²) in [4.78, 5) is 23.1. The highest BCUT2D eigenvalue weighted by molar-refractivity contribution is 5.83. The normalized spacial score (nSPS) is 24.5. The van der Waals surface area contributed by atoms with Crippen molar-refractivity contribution in [2.24, 2.45) is 5.92 Å². The van der Waals surface area contributed by atoms with Crippen LogP contribution in [0.3, 0.4) is 0 Å². The van der Waals surface area contributed by atoms with E-state index >= 15 is 0 Å². The van der Waals surface area contributed by atoms with E-state index in [9.17, 15) is 24.9 Å². The monoisotopic (exact) mass is 596 g/mol. The Kier molecular flexibility index (Phi) is 19.9. The van der Waals surface area contributed by atoms with Gasteiger partial charge in [0.1, 0.15) is 11.9 Å². The number of hydrogen-bond donors (Lipinski definition) is 3. The number of aliphatic hydroxyl groups is 3. The lowest BCUT2D eigenvalue weighted by Gasteiger charge is -2.22. The Balaban J connectivity index is 1.41. The zero-order chi connectivity index (χ0) is 30.6. The number of ketones is 1. The summed E-state index contributed by atoms with van der Waals surface area (Å²) >= 11 is 0. The van der Waals surface area contributed by atoms with Crippen LogP contribution in [0.4, 0.5) is 0 Å². The summed E-state index contributed by atoms with van der Waals surface area (Å²) in [7, 11) is 0. The van der Waals surface area contributed by atoms with E-state index in [0.29, 0.717) is 12.8 Å². The van der Waals surface area contributed by atoms with Crippen LogP contribution in [0.15, 0.2) is 0 Å². The number of hydrogen-bond acceptors (Lipinski definition) is 7. The average molecular weight is 597 g/mol. The molecule has 42 heavy (non-hydrogen) atoms.